The van der Waals surface area contributed by atoms with Gasteiger partial charge in [0.2, 0.25) is 0 Å². The van der Waals surface area contributed by atoms with Crippen molar-refractivity contribution in [2.45, 2.75) is 37.3 Å². The smallest absolute Gasteiger partial charge is 0.326 e. The summed E-state index contributed by atoms with van der Waals surface area (Å²) in [7, 11) is 3.29. The van der Waals surface area contributed by atoms with Crippen LogP contribution in [-0.2, 0) is 9.53 Å². The van der Waals surface area contributed by atoms with E-state index in [-0.39, 0.29) is 12.0 Å². The van der Waals surface area contributed by atoms with Gasteiger partial charge in [-0.3, -0.25) is 4.79 Å². The van der Waals surface area contributed by atoms with Crippen molar-refractivity contribution in [2.75, 3.05) is 14.2 Å². The Labute approximate surface area is 124 Å². The second-order valence-electron chi connectivity index (χ2n) is 5.71. The molecule has 1 aliphatic carbocycles. The topological polar surface area (TPSA) is 56.1 Å². The number of esters is 1. The molecule has 5 heteroatoms. The molecule has 1 aromatic heterocycles. The minimum Gasteiger partial charge on any atom is -0.468 e. The highest BCUT2D eigenvalue weighted by molar-refractivity contribution is 5.81. The fraction of sp³-hybridized carbons (Fsp3) is 0.500. The van der Waals surface area contributed by atoms with Gasteiger partial charge in [-0.1, -0.05) is 12.1 Å². The molecule has 1 aromatic carbocycles. The maximum Gasteiger partial charge on any atom is 0.326 e. The predicted octanol–water partition coefficient (Wildman–Crippen LogP) is 2.28. The van der Waals surface area contributed by atoms with Crippen LogP contribution in [0.5, 0.6) is 0 Å². The SMILES string of the molecule is CNC1(C(=O)OC)CCCC(n2cnc3ccccc32)C1. The molecule has 2 atom stereocenters. The Hall–Kier alpha value is -1.88. The number of carbonyl (C=O) groups is 1. The molecule has 3 rings (SSSR count). The first kappa shape index (κ1) is 14.1. The number of hydrogen-bond donors (Lipinski definition) is 1. The van der Waals surface area contributed by atoms with Crippen LogP contribution in [0.2, 0.25) is 0 Å². The van der Waals surface area contributed by atoms with Crippen LogP contribution in [0.3, 0.4) is 0 Å². The van der Waals surface area contributed by atoms with Crippen LogP contribution in [0, 0.1) is 0 Å². The Morgan fingerprint density at radius 2 is 2.29 bits per heavy atom. The molecule has 112 valence electrons. The van der Waals surface area contributed by atoms with Gasteiger partial charge >= 0.3 is 5.97 Å². The summed E-state index contributed by atoms with van der Waals surface area (Å²) < 4.78 is 7.21. The number of likely N-dealkylation sites (N-methyl/N-ethyl adjacent to an activating group) is 1. The molecule has 1 aliphatic rings. The first-order chi connectivity index (χ1) is 10.2. The number of methoxy groups -OCH3 is 1. The van der Waals surface area contributed by atoms with E-state index in [1.165, 1.54) is 7.11 Å². The Morgan fingerprint density at radius 1 is 1.48 bits per heavy atom. The zero-order valence-corrected chi connectivity index (χ0v) is 12.5. The molecular formula is C16H21N3O2. The van der Waals surface area contributed by atoms with Crippen LogP contribution >= 0.6 is 0 Å². The molecule has 0 aliphatic heterocycles. The van der Waals surface area contributed by atoms with Crippen molar-refractivity contribution in [2.24, 2.45) is 0 Å². The van der Waals surface area contributed by atoms with E-state index in [2.05, 4.69) is 20.9 Å². The number of rotatable bonds is 3. The number of aromatic nitrogens is 2. The average molecular weight is 287 g/mol. The summed E-state index contributed by atoms with van der Waals surface area (Å²) in [5.41, 5.74) is 1.54. The van der Waals surface area contributed by atoms with Gasteiger partial charge in [0.25, 0.3) is 0 Å². The summed E-state index contributed by atoms with van der Waals surface area (Å²) in [5, 5.41) is 3.20. The van der Waals surface area contributed by atoms with Crippen molar-refractivity contribution < 1.29 is 9.53 Å². The van der Waals surface area contributed by atoms with Crippen LogP contribution in [0.25, 0.3) is 11.0 Å². The second-order valence-corrected chi connectivity index (χ2v) is 5.71. The molecule has 21 heavy (non-hydrogen) atoms. The molecule has 2 unspecified atom stereocenters. The number of imidazole rings is 1. The molecule has 0 radical (unpaired) electrons. The highest BCUT2D eigenvalue weighted by Gasteiger charge is 2.43. The molecule has 0 bridgehead atoms. The number of nitrogens with zero attached hydrogens (tertiary/aromatic N) is 2. The average Bonchev–Trinajstić information content (AvgIpc) is 2.98. The summed E-state index contributed by atoms with van der Waals surface area (Å²) in [6.07, 6.45) is 5.49. The zero-order chi connectivity index (χ0) is 14.9. The van der Waals surface area contributed by atoms with Gasteiger partial charge in [0.05, 0.1) is 24.5 Å². The largest absolute Gasteiger partial charge is 0.468 e. The lowest BCUT2D eigenvalue weighted by atomic mass is 9.79. The summed E-state index contributed by atoms with van der Waals surface area (Å²) in [4.78, 5) is 16.6. The summed E-state index contributed by atoms with van der Waals surface area (Å²) >= 11 is 0. The predicted molar refractivity (Wildman–Crippen MR) is 81.0 cm³/mol. The van der Waals surface area contributed by atoms with E-state index >= 15 is 0 Å². The molecule has 0 saturated heterocycles. The summed E-state index contributed by atoms with van der Waals surface area (Å²) in [6.45, 7) is 0. The Balaban J connectivity index is 1.94. The lowest BCUT2D eigenvalue weighted by Gasteiger charge is -2.39. The Bertz CT molecular complexity index is 652. The first-order valence-corrected chi connectivity index (χ1v) is 7.39. The van der Waals surface area contributed by atoms with Gasteiger partial charge in [0, 0.05) is 6.04 Å². The van der Waals surface area contributed by atoms with Crippen molar-refractivity contribution in [3.63, 3.8) is 0 Å². The van der Waals surface area contributed by atoms with Crippen LogP contribution in [0.15, 0.2) is 30.6 Å². The van der Waals surface area contributed by atoms with E-state index in [0.29, 0.717) is 0 Å². The molecule has 0 amide bonds. The maximum atomic E-state index is 12.2. The third kappa shape index (κ3) is 2.31. The number of nitrogens with one attached hydrogen (secondary N) is 1. The molecule has 5 nitrogen and oxygen atoms in total. The monoisotopic (exact) mass is 287 g/mol. The van der Waals surface area contributed by atoms with E-state index in [1.54, 1.807) is 0 Å². The second kappa shape index (κ2) is 5.48. The van der Waals surface area contributed by atoms with Crippen molar-refractivity contribution in [3.8, 4) is 0 Å². The third-order valence-corrected chi connectivity index (χ3v) is 4.65. The van der Waals surface area contributed by atoms with Gasteiger partial charge < -0.3 is 14.6 Å². The van der Waals surface area contributed by atoms with E-state index in [9.17, 15) is 4.79 Å². The van der Waals surface area contributed by atoms with E-state index in [4.69, 9.17) is 4.74 Å². The molecule has 2 aromatic rings. The minimum atomic E-state index is -0.580. The van der Waals surface area contributed by atoms with Crippen LogP contribution in [0.4, 0.5) is 0 Å². The fourth-order valence-electron chi connectivity index (χ4n) is 3.46. The van der Waals surface area contributed by atoms with Crippen LogP contribution < -0.4 is 5.32 Å². The first-order valence-electron chi connectivity index (χ1n) is 7.39. The van der Waals surface area contributed by atoms with Gasteiger partial charge in [-0.05, 0) is 44.9 Å². The number of benzene rings is 1. The maximum absolute atomic E-state index is 12.2. The van der Waals surface area contributed by atoms with Gasteiger partial charge in [0.15, 0.2) is 0 Å². The summed E-state index contributed by atoms with van der Waals surface area (Å²) in [6, 6.07) is 8.37. The lowest BCUT2D eigenvalue weighted by molar-refractivity contribution is -0.150. The molecule has 1 fully saturated rings. The third-order valence-electron chi connectivity index (χ3n) is 4.65. The van der Waals surface area contributed by atoms with Crippen molar-refractivity contribution >= 4 is 17.0 Å². The number of ether oxygens (including phenoxy) is 1. The zero-order valence-electron chi connectivity index (χ0n) is 12.5. The number of hydrogen-bond acceptors (Lipinski definition) is 4. The van der Waals surface area contributed by atoms with Gasteiger partial charge in [0.1, 0.15) is 5.54 Å². The molecular weight excluding hydrogens is 266 g/mol. The molecule has 1 N–H and O–H groups in total. The van der Waals surface area contributed by atoms with Gasteiger partial charge in [-0.25, -0.2) is 4.98 Å². The highest BCUT2D eigenvalue weighted by atomic mass is 16.5. The Morgan fingerprint density at radius 3 is 3.05 bits per heavy atom. The van der Waals surface area contributed by atoms with Crippen molar-refractivity contribution in [1.29, 1.82) is 0 Å². The van der Waals surface area contributed by atoms with Crippen molar-refractivity contribution in [3.05, 3.63) is 30.6 Å². The number of fused-ring (bicyclic) bond motifs is 1. The lowest BCUT2D eigenvalue weighted by Crippen LogP contribution is -2.54. The van der Waals surface area contributed by atoms with E-state index < -0.39 is 5.54 Å². The minimum absolute atomic E-state index is 0.167. The number of carbonyl (C=O) groups excluding carboxylic acids is 1. The Kier molecular flexibility index (Phi) is 3.68. The molecule has 1 heterocycles. The molecule has 1 saturated carbocycles. The van der Waals surface area contributed by atoms with E-state index in [0.717, 1.165) is 36.7 Å². The van der Waals surface area contributed by atoms with Crippen LogP contribution in [0.1, 0.15) is 31.7 Å². The van der Waals surface area contributed by atoms with E-state index in [1.807, 2.05) is 31.6 Å². The van der Waals surface area contributed by atoms with Gasteiger partial charge in [-0.15, -0.1) is 0 Å². The molecule has 0 spiro atoms. The highest BCUT2D eigenvalue weighted by Crippen LogP contribution is 2.37. The standard InChI is InChI=1S/C16H21N3O2/c1-17-16(15(20)21-2)9-5-6-12(10-16)19-11-18-13-7-3-4-8-14(13)19/h3-4,7-8,11-12,17H,5-6,9-10H2,1-2H3. The summed E-state index contributed by atoms with van der Waals surface area (Å²) in [5.74, 6) is -0.167. The van der Waals surface area contributed by atoms with Crippen LogP contribution in [-0.4, -0.2) is 35.2 Å². The quantitative estimate of drug-likeness (QED) is 0.880. The van der Waals surface area contributed by atoms with Gasteiger partial charge in [-0.2, -0.15) is 0 Å². The number of para-hydroxylation sites is 2. The normalized spacial score (nSPS) is 25.9. The fourth-order valence-corrected chi connectivity index (χ4v) is 3.46. The van der Waals surface area contributed by atoms with Crippen molar-refractivity contribution in [1.82, 2.24) is 14.9 Å².